The first-order valence-electron chi connectivity index (χ1n) is 2.96. The molecule has 0 amide bonds. The van der Waals surface area contributed by atoms with Gasteiger partial charge in [-0.1, -0.05) is 6.07 Å². The third kappa shape index (κ3) is 6.21. The van der Waals surface area contributed by atoms with Crippen LogP contribution in [0.1, 0.15) is 0 Å². The van der Waals surface area contributed by atoms with Crippen molar-refractivity contribution in [3.8, 4) is 0 Å². The van der Waals surface area contributed by atoms with Crippen LogP contribution in [0.15, 0.2) is 30.6 Å². The van der Waals surface area contributed by atoms with Crippen molar-refractivity contribution < 1.29 is 19.8 Å². The van der Waals surface area contributed by atoms with E-state index in [2.05, 4.69) is 4.98 Å². The lowest BCUT2D eigenvalue weighted by Crippen LogP contribution is -2.09. The van der Waals surface area contributed by atoms with Crippen LogP contribution in [0.25, 0.3) is 0 Å². The van der Waals surface area contributed by atoms with Crippen molar-refractivity contribution in [3.05, 3.63) is 30.6 Å². The van der Waals surface area contributed by atoms with Crippen molar-refractivity contribution in [1.82, 2.24) is 4.98 Å². The van der Waals surface area contributed by atoms with Gasteiger partial charge in [0.1, 0.15) is 0 Å². The summed E-state index contributed by atoms with van der Waals surface area (Å²) in [5, 5.41) is 14.8. The van der Waals surface area contributed by atoms with Crippen LogP contribution in [0.4, 0.5) is 0 Å². The smallest absolute Gasteiger partial charge is 0.414 e. The minimum Gasteiger partial charge on any atom is -0.473 e. The van der Waals surface area contributed by atoms with Gasteiger partial charge in [-0.15, -0.1) is 0 Å². The number of carbonyl (C=O) groups is 2. The first-order valence-corrected chi connectivity index (χ1v) is 2.96. The van der Waals surface area contributed by atoms with E-state index < -0.39 is 11.9 Å². The number of pyridine rings is 1. The third-order valence-corrected chi connectivity index (χ3v) is 0.749. The van der Waals surface area contributed by atoms with E-state index in [1.165, 1.54) is 0 Å². The summed E-state index contributed by atoms with van der Waals surface area (Å²) in [6.07, 6.45) is 3.50. The first kappa shape index (κ1) is 10.1. The molecule has 0 aliphatic carbocycles. The lowest BCUT2D eigenvalue weighted by Gasteiger charge is -1.72. The second kappa shape index (κ2) is 5.84. The molecule has 0 aliphatic heterocycles. The van der Waals surface area contributed by atoms with Crippen LogP contribution in [-0.4, -0.2) is 27.1 Å². The minimum atomic E-state index is -1.82. The van der Waals surface area contributed by atoms with Gasteiger partial charge in [0.05, 0.1) is 0 Å². The maximum atomic E-state index is 9.10. The predicted molar refractivity (Wildman–Crippen MR) is 39.5 cm³/mol. The molecule has 12 heavy (non-hydrogen) atoms. The monoisotopic (exact) mass is 169 g/mol. The van der Waals surface area contributed by atoms with Crippen LogP contribution in [0.2, 0.25) is 0 Å². The van der Waals surface area contributed by atoms with E-state index in [0.29, 0.717) is 0 Å². The molecule has 0 aromatic carbocycles. The van der Waals surface area contributed by atoms with E-state index in [0.717, 1.165) is 0 Å². The molecule has 5 nitrogen and oxygen atoms in total. The molecule has 5 heteroatoms. The van der Waals surface area contributed by atoms with E-state index in [1.54, 1.807) is 12.4 Å². The van der Waals surface area contributed by atoms with Crippen molar-refractivity contribution in [3.63, 3.8) is 0 Å². The van der Waals surface area contributed by atoms with Gasteiger partial charge in [-0.05, 0) is 12.1 Å². The fourth-order valence-corrected chi connectivity index (χ4v) is 0.313. The van der Waals surface area contributed by atoms with Gasteiger partial charge in [0.2, 0.25) is 0 Å². The van der Waals surface area contributed by atoms with E-state index >= 15 is 0 Å². The summed E-state index contributed by atoms with van der Waals surface area (Å²) < 4.78 is 0. The summed E-state index contributed by atoms with van der Waals surface area (Å²) >= 11 is 0. The molecular formula is C7H7NO4. The van der Waals surface area contributed by atoms with Gasteiger partial charge in [-0.25, -0.2) is 9.59 Å². The van der Waals surface area contributed by atoms with E-state index in [4.69, 9.17) is 19.8 Å². The number of hydrogen-bond donors (Lipinski definition) is 2. The van der Waals surface area contributed by atoms with Crippen molar-refractivity contribution in [2.45, 2.75) is 0 Å². The highest BCUT2D eigenvalue weighted by Gasteiger charge is 2.04. The van der Waals surface area contributed by atoms with Crippen molar-refractivity contribution in [2.75, 3.05) is 0 Å². The van der Waals surface area contributed by atoms with Crippen LogP contribution >= 0.6 is 0 Å². The third-order valence-electron chi connectivity index (χ3n) is 0.749. The quantitative estimate of drug-likeness (QED) is 0.543. The Bertz CT molecular complexity index is 208. The number of nitrogens with zero attached hydrogens (tertiary/aromatic N) is 1. The Morgan fingerprint density at radius 3 is 1.42 bits per heavy atom. The molecule has 0 unspecified atom stereocenters. The molecule has 0 aliphatic rings. The van der Waals surface area contributed by atoms with Crippen LogP contribution in [0.3, 0.4) is 0 Å². The second-order valence-corrected chi connectivity index (χ2v) is 1.63. The van der Waals surface area contributed by atoms with Crippen molar-refractivity contribution in [2.24, 2.45) is 0 Å². The number of carboxylic acids is 2. The Morgan fingerprint density at radius 2 is 1.33 bits per heavy atom. The maximum absolute atomic E-state index is 9.10. The fourth-order valence-electron chi connectivity index (χ4n) is 0.313. The predicted octanol–water partition coefficient (Wildman–Crippen LogP) is 0.237. The lowest BCUT2D eigenvalue weighted by molar-refractivity contribution is -0.159. The van der Waals surface area contributed by atoms with Gasteiger partial charge < -0.3 is 10.2 Å². The summed E-state index contributed by atoms with van der Waals surface area (Å²) in [5.41, 5.74) is 0. The maximum Gasteiger partial charge on any atom is 0.414 e. The summed E-state index contributed by atoms with van der Waals surface area (Å²) in [7, 11) is 0. The van der Waals surface area contributed by atoms with E-state index in [-0.39, 0.29) is 0 Å². The Hall–Kier alpha value is -1.91. The highest BCUT2D eigenvalue weighted by atomic mass is 16.4. The van der Waals surface area contributed by atoms with Gasteiger partial charge in [0.15, 0.2) is 0 Å². The Kier molecular flexibility index (Phi) is 4.91. The number of aromatic nitrogens is 1. The molecule has 2 N–H and O–H groups in total. The van der Waals surface area contributed by atoms with Gasteiger partial charge in [0, 0.05) is 12.4 Å². The summed E-state index contributed by atoms with van der Waals surface area (Å²) in [6, 6.07) is 5.72. The zero-order chi connectivity index (χ0) is 9.40. The number of rotatable bonds is 0. The SMILES string of the molecule is O=C(O)C(=O)O.c1ccncc1. The molecular weight excluding hydrogens is 162 g/mol. The Labute approximate surface area is 68.3 Å². The standard InChI is InChI=1S/C5H5N.C2H2O4/c1-2-4-6-5-3-1;3-1(4)2(5)6/h1-5H;(H,3,4)(H,5,6). The summed E-state index contributed by atoms with van der Waals surface area (Å²) in [5.74, 6) is -3.65. The van der Waals surface area contributed by atoms with Gasteiger partial charge in [-0.3, -0.25) is 4.98 Å². The summed E-state index contributed by atoms with van der Waals surface area (Å²) in [4.78, 5) is 22.0. The zero-order valence-electron chi connectivity index (χ0n) is 6.04. The highest BCUT2D eigenvalue weighted by Crippen LogP contribution is 1.73. The van der Waals surface area contributed by atoms with Crippen molar-refractivity contribution >= 4 is 11.9 Å². The summed E-state index contributed by atoms with van der Waals surface area (Å²) in [6.45, 7) is 0. The zero-order valence-corrected chi connectivity index (χ0v) is 6.04. The normalized spacial score (nSPS) is 7.67. The number of hydrogen-bond acceptors (Lipinski definition) is 3. The van der Waals surface area contributed by atoms with E-state index in [1.807, 2.05) is 18.2 Å². The largest absolute Gasteiger partial charge is 0.473 e. The van der Waals surface area contributed by atoms with Crippen LogP contribution in [-0.2, 0) is 9.59 Å². The number of carboxylic acid groups (broad SMARTS) is 2. The molecule has 0 saturated carbocycles. The average Bonchev–Trinajstić information content (AvgIpc) is 2.08. The van der Waals surface area contributed by atoms with Crippen LogP contribution < -0.4 is 0 Å². The van der Waals surface area contributed by atoms with Gasteiger partial charge in [-0.2, -0.15) is 0 Å². The number of aliphatic carboxylic acids is 2. The molecule has 1 rings (SSSR count). The molecule has 0 fully saturated rings. The van der Waals surface area contributed by atoms with E-state index in [9.17, 15) is 0 Å². The molecule has 0 bridgehead atoms. The molecule has 1 aromatic heterocycles. The van der Waals surface area contributed by atoms with Crippen molar-refractivity contribution in [1.29, 1.82) is 0 Å². The molecule has 1 aromatic rings. The Balaban J connectivity index is 0.000000202. The van der Waals surface area contributed by atoms with Crippen LogP contribution in [0.5, 0.6) is 0 Å². The molecule has 64 valence electrons. The molecule has 0 spiro atoms. The molecule has 0 atom stereocenters. The Morgan fingerprint density at radius 1 is 0.917 bits per heavy atom. The lowest BCUT2D eigenvalue weighted by atomic mass is 10.5. The topological polar surface area (TPSA) is 87.5 Å². The van der Waals surface area contributed by atoms with Crippen LogP contribution in [0, 0.1) is 0 Å². The second-order valence-electron chi connectivity index (χ2n) is 1.63. The first-order chi connectivity index (χ1) is 5.64. The molecule has 1 heterocycles. The average molecular weight is 169 g/mol. The van der Waals surface area contributed by atoms with Gasteiger partial charge >= 0.3 is 11.9 Å². The fraction of sp³-hybridized carbons (Fsp3) is 0. The van der Waals surface area contributed by atoms with Gasteiger partial charge in [0.25, 0.3) is 0 Å². The highest BCUT2D eigenvalue weighted by molar-refractivity contribution is 6.27. The molecule has 0 saturated heterocycles. The minimum absolute atomic E-state index is 1.75. The molecule has 0 radical (unpaired) electrons.